The molecule has 1 aromatic rings. The van der Waals surface area contributed by atoms with Crippen molar-refractivity contribution in [2.75, 3.05) is 6.61 Å². The predicted octanol–water partition coefficient (Wildman–Crippen LogP) is 3.37. The summed E-state index contributed by atoms with van der Waals surface area (Å²) in [4.78, 5) is 0. The fraction of sp³-hybridized carbons (Fsp3) is 0.400. The van der Waals surface area contributed by atoms with Gasteiger partial charge in [0.2, 0.25) is 0 Å². The highest BCUT2D eigenvalue weighted by atomic mass is 32.7. The Morgan fingerprint density at radius 3 is 2.62 bits per heavy atom. The van der Waals surface area contributed by atoms with Gasteiger partial charge in [-0.15, -0.1) is 12.2 Å². The van der Waals surface area contributed by atoms with Gasteiger partial charge in [0.15, 0.2) is 0 Å². The van der Waals surface area contributed by atoms with Crippen molar-refractivity contribution < 1.29 is 4.52 Å². The van der Waals surface area contributed by atoms with E-state index < -0.39 is 7.35 Å². The summed E-state index contributed by atoms with van der Waals surface area (Å²) in [6, 6.07) is 10.2. The van der Waals surface area contributed by atoms with Crippen LogP contribution in [0.15, 0.2) is 30.3 Å². The molecule has 1 nitrogen and oxygen atoms in total. The van der Waals surface area contributed by atoms with Crippen molar-refractivity contribution in [2.24, 2.45) is 0 Å². The van der Waals surface area contributed by atoms with Crippen LogP contribution in [0.4, 0.5) is 0 Å². The first-order valence-electron chi connectivity index (χ1n) is 4.51. The van der Waals surface area contributed by atoms with Crippen molar-refractivity contribution >= 4 is 24.9 Å². The molecule has 72 valence electrons. The van der Waals surface area contributed by atoms with Gasteiger partial charge in [-0.3, -0.25) is 0 Å². The lowest BCUT2D eigenvalue weighted by Crippen LogP contribution is -1.99. The zero-order valence-corrected chi connectivity index (χ0v) is 9.60. The fourth-order valence-corrected chi connectivity index (χ4v) is 2.45. The molecule has 0 aliphatic carbocycles. The van der Waals surface area contributed by atoms with Gasteiger partial charge in [0.1, 0.15) is 7.35 Å². The first-order chi connectivity index (χ1) is 6.34. The third-order valence-electron chi connectivity index (χ3n) is 1.69. The van der Waals surface area contributed by atoms with Gasteiger partial charge in [0.05, 0.1) is 6.61 Å². The standard InChI is InChI=1S/C10H15OPS/c1-2-3-9-11-12(13)10-7-5-4-6-8-10/h4-8,13H,2-3,9H2,1H3. The van der Waals surface area contributed by atoms with Gasteiger partial charge in [-0.1, -0.05) is 43.7 Å². The monoisotopic (exact) mass is 214 g/mol. The van der Waals surface area contributed by atoms with Crippen molar-refractivity contribution in [1.82, 2.24) is 0 Å². The van der Waals surface area contributed by atoms with Crippen LogP contribution in [0.2, 0.25) is 0 Å². The first kappa shape index (κ1) is 11.0. The van der Waals surface area contributed by atoms with E-state index in [1.165, 1.54) is 11.7 Å². The Morgan fingerprint density at radius 1 is 1.31 bits per heavy atom. The molecule has 1 rings (SSSR count). The second-order valence-corrected chi connectivity index (χ2v) is 5.21. The smallest absolute Gasteiger partial charge is 0.117 e. The molecular weight excluding hydrogens is 199 g/mol. The van der Waals surface area contributed by atoms with Crippen molar-refractivity contribution in [2.45, 2.75) is 19.8 Å². The van der Waals surface area contributed by atoms with Gasteiger partial charge in [0, 0.05) is 5.30 Å². The van der Waals surface area contributed by atoms with E-state index in [4.69, 9.17) is 4.52 Å². The fourth-order valence-electron chi connectivity index (χ4n) is 0.925. The Kier molecular flexibility index (Phi) is 5.45. The lowest BCUT2D eigenvalue weighted by atomic mass is 10.4. The molecule has 0 aromatic heterocycles. The third-order valence-corrected chi connectivity index (χ3v) is 3.89. The summed E-state index contributed by atoms with van der Waals surface area (Å²) in [6.07, 6.45) is 2.29. The highest BCUT2D eigenvalue weighted by Crippen LogP contribution is 2.40. The highest BCUT2D eigenvalue weighted by molar-refractivity contribution is 8.46. The van der Waals surface area contributed by atoms with Crippen LogP contribution in [-0.4, -0.2) is 6.61 Å². The van der Waals surface area contributed by atoms with E-state index in [1.54, 1.807) is 0 Å². The summed E-state index contributed by atoms with van der Waals surface area (Å²) in [6.45, 7) is 2.98. The van der Waals surface area contributed by atoms with Crippen LogP contribution in [0.1, 0.15) is 19.8 Å². The Hall–Kier alpha value is -0.0400. The van der Waals surface area contributed by atoms with Gasteiger partial charge >= 0.3 is 0 Å². The number of rotatable bonds is 5. The molecule has 0 saturated carbocycles. The average Bonchev–Trinajstić information content (AvgIpc) is 2.19. The molecule has 0 bridgehead atoms. The summed E-state index contributed by atoms with van der Waals surface area (Å²) in [5.41, 5.74) is 0. The van der Waals surface area contributed by atoms with Crippen LogP contribution in [0.5, 0.6) is 0 Å². The molecule has 0 aliphatic heterocycles. The quantitative estimate of drug-likeness (QED) is 0.449. The molecule has 0 spiro atoms. The van der Waals surface area contributed by atoms with Gasteiger partial charge < -0.3 is 4.52 Å². The van der Waals surface area contributed by atoms with E-state index in [0.717, 1.165) is 13.0 Å². The number of unbranched alkanes of at least 4 members (excludes halogenated alkanes) is 1. The van der Waals surface area contributed by atoms with Crippen molar-refractivity contribution in [3.05, 3.63) is 30.3 Å². The Bertz CT molecular complexity index is 228. The Balaban J connectivity index is 2.35. The number of thiol groups is 1. The predicted molar refractivity (Wildman–Crippen MR) is 62.8 cm³/mol. The molecule has 13 heavy (non-hydrogen) atoms. The molecule has 0 fully saturated rings. The van der Waals surface area contributed by atoms with Crippen LogP contribution >= 0.6 is 19.6 Å². The molecule has 0 aliphatic rings. The molecule has 0 heterocycles. The van der Waals surface area contributed by atoms with E-state index in [2.05, 4.69) is 31.3 Å². The first-order valence-corrected chi connectivity index (χ1v) is 6.93. The van der Waals surface area contributed by atoms with Crippen molar-refractivity contribution in [3.63, 3.8) is 0 Å². The lowest BCUT2D eigenvalue weighted by Gasteiger charge is -2.10. The summed E-state index contributed by atoms with van der Waals surface area (Å²) in [5, 5.41) is 1.19. The maximum Gasteiger partial charge on any atom is 0.117 e. The zero-order chi connectivity index (χ0) is 9.52. The third kappa shape index (κ3) is 4.12. The van der Waals surface area contributed by atoms with E-state index in [1.807, 2.05) is 18.2 Å². The minimum absolute atomic E-state index is 0.693. The van der Waals surface area contributed by atoms with Crippen LogP contribution in [0.25, 0.3) is 0 Å². The summed E-state index contributed by atoms with van der Waals surface area (Å²) in [5.74, 6) is 0. The SMILES string of the molecule is CCCCOP(S)c1ccccc1. The normalized spacial score (nSPS) is 12.8. The molecule has 0 radical (unpaired) electrons. The van der Waals surface area contributed by atoms with Crippen LogP contribution in [0.3, 0.4) is 0 Å². The second kappa shape index (κ2) is 6.42. The van der Waals surface area contributed by atoms with E-state index in [9.17, 15) is 0 Å². The zero-order valence-electron chi connectivity index (χ0n) is 7.81. The lowest BCUT2D eigenvalue weighted by molar-refractivity contribution is 0.353. The molecule has 3 heteroatoms. The number of benzene rings is 1. The maximum atomic E-state index is 5.60. The Labute approximate surface area is 86.5 Å². The average molecular weight is 214 g/mol. The summed E-state index contributed by atoms with van der Waals surface area (Å²) >= 11 is 4.44. The minimum atomic E-state index is -0.693. The highest BCUT2D eigenvalue weighted by Gasteiger charge is 2.04. The molecule has 1 aromatic carbocycles. The van der Waals surface area contributed by atoms with Crippen molar-refractivity contribution in [1.29, 1.82) is 0 Å². The largest absolute Gasteiger partial charge is 0.344 e. The number of hydrogen-bond acceptors (Lipinski definition) is 2. The summed E-state index contributed by atoms with van der Waals surface area (Å²) in [7, 11) is -0.693. The molecule has 1 unspecified atom stereocenters. The Morgan fingerprint density at radius 2 is 2.00 bits per heavy atom. The van der Waals surface area contributed by atoms with E-state index in [-0.39, 0.29) is 0 Å². The van der Waals surface area contributed by atoms with Crippen molar-refractivity contribution in [3.8, 4) is 0 Å². The molecule has 0 amide bonds. The molecule has 0 N–H and O–H groups in total. The molecular formula is C10H15OPS. The van der Waals surface area contributed by atoms with Gasteiger partial charge in [0.25, 0.3) is 0 Å². The van der Waals surface area contributed by atoms with Crippen LogP contribution in [0, 0.1) is 0 Å². The van der Waals surface area contributed by atoms with Gasteiger partial charge in [-0.05, 0) is 6.42 Å². The van der Waals surface area contributed by atoms with E-state index >= 15 is 0 Å². The van der Waals surface area contributed by atoms with Gasteiger partial charge in [-0.2, -0.15) is 0 Å². The van der Waals surface area contributed by atoms with Gasteiger partial charge in [-0.25, -0.2) is 0 Å². The van der Waals surface area contributed by atoms with E-state index in [0.29, 0.717) is 0 Å². The summed E-state index contributed by atoms with van der Waals surface area (Å²) < 4.78 is 5.60. The minimum Gasteiger partial charge on any atom is -0.344 e. The molecule has 1 atom stereocenters. The maximum absolute atomic E-state index is 5.60. The van der Waals surface area contributed by atoms with Crippen LogP contribution < -0.4 is 5.30 Å². The topological polar surface area (TPSA) is 9.23 Å². The molecule has 0 saturated heterocycles. The number of hydrogen-bond donors (Lipinski definition) is 1. The van der Waals surface area contributed by atoms with Crippen LogP contribution in [-0.2, 0) is 4.52 Å². The second-order valence-electron chi connectivity index (χ2n) is 2.80.